The van der Waals surface area contributed by atoms with Crippen LogP contribution < -0.4 is 4.74 Å². The Morgan fingerprint density at radius 3 is 2.82 bits per heavy atom. The van der Waals surface area contributed by atoms with Crippen LogP contribution in [0.2, 0.25) is 0 Å². The first-order valence-electron chi connectivity index (χ1n) is 6.66. The number of rotatable bonds is 5. The monoisotopic (exact) mass is 298 g/mol. The van der Waals surface area contributed by atoms with E-state index in [2.05, 4.69) is 4.98 Å². The highest BCUT2D eigenvalue weighted by Gasteiger charge is 2.13. The van der Waals surface area contributed by atoms with E-state index >= 15 is 0 Å². The first kappa shape index (κ1) is 15.3. The van der Waals surface area contributed by atoms with Crippen molar-refractivity contribution in [1.82, 2.24) is 4.98 Å². The third-order valence-corrected chi connectivity index (χ3v) is 2.97. The van der Waals surface area contributed by atoms with Crippen LogP contribution in [0.1, 0.15) is 29.3 Å². The van der Waals surface area contributed by atoms with Gasteiger partial charge in [-0.05, 0) is 30.7 Å². The summed E-state index contributed by atoms with van der Waals surface area (Å²) in [7, 11) is 0. The summed E-state index contributed by atoms with van der Waals surface area (Å²) in [5.41, 5.74) is 1.03. The third-order valence-electron chi connectivity index (χ3n) is 2.97. The zero-order valence-corrected chi connectivity index (χ0v) is 11.9. The SMILES string of the molecule is CCCOc1ccc(-c2cc(C(=O)O)c(O)cn2)cc1C#N. The molecule has 0 saturated heterocycles. The maximum absolute atomic E-state index is 11.0. The number of aromatic hydroxyl groups is 1. The van der Waals surface area contributed by atoms with Gasteiger partial charge in [-0.3, -0.25) is 4.98 Å². The molecule has 0 aliphatic rings. The molecule has 0 saturated carbocycles. The van der Waals surface area contributed by atoms with Crippen molar-refractivity contribution in [3.05, 3.63) is 41.6 Å². The molecule has 0 fully saturated rings. The van der Waals surface area contributed by atoms with Crippen LogP contribution in [-0.2, 0) is 0 Å². The van der Waals surface area contributed by atoms with Gasteiger partial charge in [-0.25, -0.2) is 4.79 Å². The van der Waals surface area contributed by atoms with Gasteiger partial charge in [-0.1, -0.05) is 6.92 Å². The standard InChI is InChI=1S/C16H14N2O4/c1-2-5-22-15-4-3-10(6-11(15)8-17)13-7-12(16(20)21)14(19)9-18-13/h3-4,6-7,9,19H,2,5H2,1H3,(H,20,21). The van der Waals surface area contributed by atoms with Crippen molar-refractivity contribution in [2.75, 3.05) is 6.61 Å². The van der Waals surface area contributed by atoms with Crippen LogP contribution in [0.25, 0.3) is 11.3 Å². The molecule has 0 bridgehead atoms. The van der Waals surface area contributed by atoms with Gasteiger partial charge in [0.15, 0.2) is 0 Å². The van der Waals surface area contributed by atoms with Crippen molar-refractivity contribution in [2.45, 2.75) is 13.3 Å². The van der Waals surface area contributed by atoms with Gasteiger partial charge >= 0.3 is 5.97 Å². The summed E-state index contributed by atoms with van der Waals surface area (Å²) in [4.78, 5) is 15.0. The Kier molecular flexibility index (Phi) is 4.59. The molecule has 0 unspecified atom stereocenters. The number of pyridine rings is 1. The summed E-state index contributed by atoms with van der Waals surface area (Å²) >= 11 is 0. The van der Waals surface area contributed by atoms with Crippen LogP contribution in [0, 0.1) is 11.3 Å². The molecule has 1 aromatic heterocycles. The largest absolute Gasteiger partial charge is 0.505 e. The number of carboxylic acids is 1. The highest BCUT2D eigenvalue weighted by Crippen LogP contribution is 2.28. The van der Waals surface area contributed by atoms with Gasteiger partial charge < -0.3 is 14.9 Å². The summed E-state index contributed by atoms with van der Waals surface area (Å²) in [6.07, 6.45) is 1.90. The zero-order valence-electron chi connectivity index (χ0n) is 11.9. The minimum Gasteiger partial charge on any atom is -0.505 e. The number of benzene rings is 1. The lowest BCUT2D eigenvalue weighted by molar-refractivity contribution is 0.0693. The van der Waals surface area contributed by atoms with Gasteiger partial charge in [-0.2, -0.15) is 5.26 Å². The van der Waals surface area contributed by atoms with Crippen LogP contribution in [0.4, 0.5) is 0 Å². The Bertz CT molecular complexity index is 750. The van der Waals surface area contributed by atoms with E-state index in [0.29, 0.717) is 29.2 Å². The molecule has 112 valence electrons. The van der Waals surface area contributed by atoms with Gasteiger partial charge in [0, 0.05) is 5.56 Å². The summed E-state index contributed by atoms with van der Waals surface area (Å²) in [5.74, 6) is -1.17. The molecule has 0 radical (unpaired) electrons. The topological polar surface area (TPSA) is 103 Å². The Morgan fingerprint density at radius 2 is 2.18 bits per heavy atom. The number of hydrogen-bond acceptors (Lipinski definition) is 5. The number of nitrogens with zero attached hydrogens (tertiary/aromatic N) is 2. The molecule has 0 atom stereocenters. The average Bonchev–Trinajstić information content (AvgIpc) is 2.53. The first-order valence-corrected chi connectivity index (χ1v) is 6.66. The predicted molar refractivity (Wildman–Crippen MR) is 78.8 cm³/mol. The van der Waals surface area contributed by atoms with E-state index in [1.54, 1.807) is 18.2 Å². The second kappa shape index (κ2) is 6.59. The summed E-state index contributed by atoms with van der Waals surface area (Å²) < 4.78 is 5.47. The lowest BCUT2D eigenvalue weighted by Gasteiger charge is -2.09. The van der Waals surface area contributed by atoms with Crippen LogP contribution >= 0.6 is 0 Å². The molecule has 2 N–H and O–H groups in total. The first-order chi connectivity index (χ1) is 10.6. The number of aromatic nitrogens is 1. The molecule has 1 aromatic carbocycles. The number of hydrogen-bond donors (Lipinski definition) is 2. The van der Waals surface area contributed by atoms with Gasteiger partial charge in [0.25, 0.3) is 0 Å². The van der Waals surface area contributed by atoms with Crippen LogP contribution in [0.5, 0.6) is 11.5 Å². The van der Waals surface area contributed by atoms with E-state index < -0.39 is 11.7 Å². The van der Waals surface area contributed by atoms with E-state index in [0.717, 1.165) is 12.6 Å². The van der Waals surface area contributed by atoms with E-state index in [4.69, 9.17) is 9.84 Å². The van der Waals surface area contributed by atoms with E-state index in [1.807, 2.05) is 13.0 Å². The van der Waals surface area contributed by atoms with Crippen LogP contribution in [-0.4, -0.2) is 27.8 Å². The lowest BCUT2D eigenvalue weighted by atomic mass is 10.1. The minimum absolute atomic E-state index is 0.241. The molecular formula is C16H14N2O4. The highest BCUT2D eigenvalue weighted by molar-refractivity contribution is 5.91. The van der Waals surface area contributed by atoms with Crippen molar-refractivity contribution < 1.29 is 19.7 Å². The van der Waals surface area contributed by atoms with E-state index in [-0.39, 0.29) is 5.56 Å². The molecule has 0 aliphatic heterocycles. The number of nitriles is 1. The molecule has 0 amide bonds. The lowest BCUT2D eigenvalue weighted by Crippen LogP contribution is -2.00. The van der Waals surface area contributed by atoms with Crippen molar-refractivity contribution in [3.8, 4) is 28.8 Å². The van der Waals surface area contributed by atoms with Gasteiger partial charge in [0.2, 0.25) is 0 Å². The normalized spacial score (nSPS) is 10.0. The Balaban J connectivity index is 2.43. The summed E-state index contributed by atoms with van der Waals surface area (Å²) in [6.45, 7) is 2.48. The third kappa shape index (κ3) is 3.15. The van der Waals surface area contributed by atoms with E-state index in [9.17, 15) is 15.2 Å². The number of carbonyl (C=O) groups is 1. The van der Waals surface area contributed by atoms with E-state index in [1.165, 1.54) is 6.07 Å². The predicted octanol–water partition coefficient (Wildman–Crippen LogP) is 2.81. The molecule has 2 aromatic rings. The van der Waals surface area contributed by atoms with Crippen LogP contribution in [0.3, 0.4) is 0 Å². The van der Waals surface area contributed by atoms with Crippen molar-refractivity contribution in [2.24, 2.45) is 0 Å². The Labute approximate surface area is 127 Å². The Morgan fingerprint density at radius 1 is 1.41 bits per heavy atom. The fourth-order valence-electron chi connectivity index (χ4n) is 1.89. The van der Waals surface area contributed by atoms with Gasteiger partial charge in [-0.15, -0.1) is 0 Å². The fraction of sp³-hybridized carbons (Fsp3) is 0.188. The maximum Gasteiger partial charge on any atom is 0.339 e. The van der Waals surface area contributed by atoms with Gasteiger partial charge in [0.05, 0.1) is 24.1 Å². The molecular weight excluding hydrogens is 284 g/mol. The van der Waals surface area contributed by atoms with Gasteiger partial charge in [0.1, 0.15) is 23.1 Å². The fourth-order valence-corrected chi connectivity index (χ4v) is 1.89. The Hall–Kier alpha value is -3.07. The zero-order chi connectivity index (χ0) is 16.1. The second-order valence-corrected chi connectivity index (χ2v) is 4.56. The van der Waals surface area contributed by atoms with Crippen LogP contribution in [0.15, 0.2) is 30.5 Å². The number of carboxylic acid groups (broad SMARTS) is 1. The molecule has 6 nitrogen and oxygen atoms in total. The molecule has 0 spiro atoms. The van der Waals surface area contributed by atoms with Crippen molar-refractivity contribution >= 4 is 5.97 Å². The molecule has 6 heteroatoms. The molecule has 0 aliphatic carbocycles. The maximum atomic E-state index is 11.0. The number of aromatic carboxylic acids is 1. The molecule has 2 rings (SSSR count). The quantitative estimate of drug-likeness (QED) is 0.879. The molecule has 22 heavy (non-hydrogen) atoms. The average molecular weight is 298 g/mol. The summed E-state index contributed by atoms with van der Waals surface area (Å²) in [6, 6.07) is 8.23. The summed E-state index contributed by atoms with van der Waals surface area (Å²) in [5, 5.41) is 27.7. The molecule has 1 heterocycles. The minimum atomic E-state index is -1.25. The van der Waals surface area contributed by atoms with Crippen molar-refractivity contribution in [1.29, 1.82) is 5.26 Å². The smallest absolute Gasteiger partial charge is 0.339 e. The second-order valence-electron chi connectivity index (χ2n) is 4.56. The van der Waals surface area contributed by atoms with Crippen molar-refractivity contribution in [3.63, 3.8) is 0 Å². The number of ether oxygens (including phenoxy) is 1. The highest BCUT2D eigenvalue weighted by atomic mass is 16.5.